The number of carbonyl (C=O) groups is 2. The monoisotopic (exact) mass is 402 g/mol. The maximum Gasteiger partial charge on any atom is 0.411 e. The minimum atomic E-state index is -0.450. The number of amides is 2. The molecule has 2 N–H and O–H groups in total. The summed E-state index contributed by atoms with van der Waals surface area (Å²) in [6.45, 7) is 0. The fraction of sp³-hybridized carbons (Fsp3) is 0.280. The van der Waals surface area contributed by atoms with Gasteiger partial charge in [-0.05, 0) is 47.7 Å². The van der Waals surface area contributed by atoms with Crippen molar-refractivity contribution < 1.29 is 14.3 Å². The van der Waals surface area contributed by atoms with Gasteiger partial charge in [-0.3, -0.25) is 10.1 Å². The zero-order chi connectivity index (χ0) is 20.8. The van der Waals surface area contributed by atoms with E-state index in [9.17, 15) is 9.59 Å². The predicted molar refractivity (Wildman–Crippen MR) is 118 cm³/mol. The van der Waals surface area contributed by atoms with Crippen LogP contribution in [0.3, 0.4) is 0 Å². The van der Waals surface area contributed by atoms with Gasteiger partial charge in [0.25, 0.3) is 0 Å². The number of benzene rings is 3. The first-order valence-electron chi connectivity index (χ1n) is 10.5. The SMILES string of the molecule is O=C(Cc1cccc2ccccc12)N[C@@H]1CCC[C@H](OC(=O)Nc2ccccc2)C1. The minimum Gasteiger partial charge on any atom is -0.446 e. The summed E-state index contributed by atoms with van der Waals surface area (Å²) in [6, 6.07) is 23.4. The standard InChI is InChI=1S/C25H26N2O3/c28-24(16-19-10-6-9-18-8-4-5-15-23(18)19)26-21-13-7-14-22(17-21)30-25(29)27-20-11-2-1-3-12-20/h1-6,8-12,15,21-22H,7,13-14,16-17H2,(H,26,28)(H,27,29)/t21-,22+/m1/s1. The van der Waals surface area contributed by atoms with E-state index in [1.165, 1.54) is 0 Å². The van der Waals surface area contributed by atoms with Gasteiger partial charge in [-0.15, -0.1) is 0 Å². The number of fused-ring (bicyclic) bond motifs is 1. The molecule has 30 heavy (non-hydrogen) atoms. The third kappa shape index (κ3) is 5.17. The molecule has 0 radical (unpaired) electrons. The van der Waals surface area contributed by atoms with Crippen molar-refractivity contribution >= 4 is 28.5 Å². The average Bonchev–Trinajstić information content (AvgIpc) is 2.75. The van der Waals surface area contributed by atoms with Crippen molar-refractivity contribution in [1.29, 1.82) is 0 Å². The highest BCUT2D eigenvalue weighted by Crippen LogP contribution is 2.23. The number of hydrogen-bond acceptors (Lipinski definition) is 3. The molecule has 5 heteroatoms. The highest BCUT2D eigenvalue weighted by molar-refractivity contribution is 5.90. The summed E-state index contributed by atoms with van der Waals surface area (Å²) in [4.78, 5) is 24.8. The van der Waals surface area contributed by atoms with E-state index in [-0.39, 0.29) is 18.1 Å². The topological polar surface area (TPSA) is 67.4 Å². The Kier molecular flexibility index (Phi) is 6.28. The van der Waals surface area contributed by atoms with E-state index < -0.39 is 6.09 Å². The molecule has 4 rings (SSSR count). The number of anilines is 1. The lowest BCUT2D eigenvalue weighted by molar-refractivity contribution is -0.121. The molecule has 0 bridgehead atoms. The first-order valence-corrected chi connectivity index (χ1v) is 10.5. The van der Waals surface area contributed by atoms with Gasteiger partial charge in [-0.2, -0.15) is 0 Å². The second kappa shape index (κ2) is 9.44. The molecule has 1 aliphatic carbocycles. The number of ether oxygens (including phenoxy) is 1. The Morgan fingerprint density at radius 1 is 0.900 bits per heavy atom. The highest BCUT2D eigenvalue weighted by Gasteiger charge is 2.26. The van der Waals surface area contributed by atoms with Crippen LogP contribution in [-0.2, 0) is 16.0 Å². The van der Waals surface area contributed by atoms with Crippen LogP contribution in [0.15, 0.2) is 72.8 Å². The van der Waals surface area contributed by atoms with E-state index in [1.807, 2.05) is 60.7 Å². The van der Waals surface area contributed by atoms with Gasteiger partial charge in [0.05, 0.1) is 6.42 Å². The summed E-state index contributed by atoms with van der Waals surface area (Å²) >= 11 is 0. The second-order valence-corrected chi connectivity index (χ2v) is 7.76. The zero-order valence-electron chi connectivity index (χ0n) is 16.8. The van der Waals surface area contributed by atoms with Crippen molar-refractivity contribution in [2.45, 2.75) is 44.2 Å². The van der Waals surface area contributed by atoms with Crippen molar-refractivity contribution in [3.05, 3.63) is 78.4 Å². The van der Waals surface area contributed by atoms with Gasteiger partial charge in [-0.25, -0.2) is 4.79 Å². The molecule has 2 atom stereocenters. The van der Waals surface area contributed by atoms with Crippen LogP contribution in [0.2, 0.25) is 0 Å². The normalized spacial score (nSPS) is 18.5. The molecule has 1 saturated carbocycles. The predicted octanol–water partition coefficient (Wildman–Crippen LogP) is 5.06. The Labute approximate surface area is 176 Å². The number of rotatable bonds is 5. The molecule has 0 heterocycles. The fourth-order valence-electron chi connectivity index (χ4n) is 4.10. The molecule has 1 fully saturated rings. The molecule has 0 aliphatic heterocycles. The van der Waals surface area contributed by atoms with E-state index in [0.717, 1.165) is 35.6 Å². The molecular formula is C25H26N2O3. The average molecular weight is 402 g/mol. The molecule has 0 spiro atoms. The minimum absolute atomic E-state index is 0.00531. The lowest BCUT2D eigenvalue weighted by Crippen LogP contribution is -2.41. The van der Waals surface area contributed by atoms with Crippen molar-refractivity contribution in [3.8, 4) is 0 Å². The van der Waals surface area contributed by atoms with Crippen molar-refractivity contribution in [2.24, 2.45) is 0 Å². The third-order valence-electron chi connectivity index (χ3n) is 5.52. The third-order valence-corrected chi connectivity index (χ3v) is 5.52. The van der Waals surface area contributed by atoms with Gasteiger partial charge in [0.1, 0.15) is 6.10 Å². The number of nitrogens with one attached hydrogen (secondary N) is 2. The van der Waals surface area contributed by atoms with Crippen LogP contribution in [0.5, 0.6) is 0 Å². The van der Waals surface area contributed by atoms with Crippen LogP contribution in [0, 0.1) is 0 Å². The molecule has 3 aromatic rings. The van der Waals surface area contributed by atoms with Gasteiger partial charge >= 0.3 is 6.09 Å². The lowest BCUT2D eigenvalue weighted by atomic mass is 9.92. The first kappa shape index (κ1) is 20.0. The maximum absolute atomic E-state index is 12.7. The van der Waals surface area contributed by atoms with Crippen LogP contribution >= 0.6 is 0 Å². The Bertz CT molecular complexity index is 1010. The summed E-state index contributed by atoms with van der Waals surface area (Å²) in [6.07, 6.45) is 2.99. The number of para-hydroxylation sites is 1. The Balaban J connectivity index is 1.30. The van der Waals surface area contributed by atoms with E-state index >= 15 is 0 Å². The molecule has 0 unspecified atom stereocenters. The molecule has 0 saturated heterocycles. The highest BCUT2D eigenvalue weighted by atomic mass is 16.6. The van der Waals surface area contributed by atoms with Crippen LogP contribution in [-0.4, -0.2) is 24.1 Å². The van der Waals surface area contributed by atoms with Gasteiger partial charge in [0.15, 0.2) is 0 Å². The molecule has 154 valence electrons. The van der Waals surface area contributed by atoms with Gasteiger partial charge in [0.2, 0.25) is 5.91 Å². The summed E-state index contributed by atoms with van der Waals surface area (Å²) in [7, 11) is 0. The first-order chi connectivity index (χ1) is 14.7. The number of carbonyl (C=O) groups excluding carboxylic acids is 2. The largest absolute Gasteiger partial charge is 0.446 e. The van der Waals surface area contributed by atoms with Crippen LogP contribution in [0.25, 0.3) is 10.8 Å². The van der Waals surface area contributed by atoms with Gasteiger partial charge < -0.3 is 10.1 Å². The van der Waals surface area contributed by atoms with Crippen LogP contribution in [0.4, 0.5) is 10.5 Å². The molecule has 3 aromatic carbocycles. The molecule has 1 aliphatic rings. The molecular weight excluding hydrogens is 376 g/mol. The zero-order valence-corrected chi connectivity index (χ0v) is 16.8. The van der Waals surface area contributed by atoms with Crippen molar-refractivity contribution in [2.75, 3.05) is 5.32 Å². The van der Waals surface area contributed by atoms with E-state index in [0.29, 0.717) is 18.5 Å². The quantitative estimate of drug-likeness (QED) is 0.627. The van der Waals surface area contributed by atoms with E-state index in [2.05, 4.69) is 22.8 Å². The maximum atomic E-state index is 12.7. The Morgan fingerprint density at radius 2 is 1.67 bits per heavy atom. The van der Waals surface area contributed by atoms with Crippen LogP contribution in [0.1, 0.15) is 31.2 Å². The van der Waals surface area contributed by atoms with E-state index in [4.69, 9.17) is 4.74 Å². The second-order valence-electron chi connectivity index (χ2n) is 7.76. The summed E-state index contributed by atoms with van der Waals surface area (Å²) in [5, 5.41) is 8.13. The lowest BCUT2D eigenvalue weighted by Gasteiger charge is -2.29. The number of hydrogen-bond donors (Lipinski definition) is 2. The summed E-state index contributed by atoms with van der Waals surface area (Å²) in [5.74, 6) is 0.00531. The molecule has 0 aromatic heterocycles. The Hall–Kier alpha value is -3.34. The van der Waals surface area contributed by atoms with Gasteiger partial charge in [-0.1, -0.05) is 60.7 Å². The molecule has 2 amide bonds. The van der Waals surface area contributed by atoms with E-state index in [1.54, 1.807) is 0 Å². The fourth-order valence-corrected chi connectivity index (χ4v) is 4.10. The summed E-state index contributed by atoms with van der Waals surface area (Å²) < 4.78 is 5.58. The van der Waals surface area contributed by atoms with Crippen molar-refractivity contribution in [3.63, 3.8) is 0 Å². The van der Waals surface area contributed by atoms with Gasteiger partial charge in [0, 0.05) is 18.2 Å². The Morgan fingerprint density at radius 3 is 2.53 bits per heavy atom. The van der Waals surface area contributed by atoms with Crippen molar-refractivity contribution in [1.82, 2.24) is 5.32 Å². The summed E-state index contributed by atoms with van der Waals surface area (Å²) in [5.41, 5.74) is 1.73. The van der Waals surface area contributed by atoms with Crippen LogP contribution < -0.4 is 10.6 Å². The molecule has 5 nitrogen and oxygen atoms in total. The smallest absolute Gasteiger partial charge is 0.411 e.